The number of piperidine rings is 2. The molecule has 0 spiro atoms. The van der Waals surface area contributed by atoms with Gasteiger partial charge in [-0.05, 0) is 97.6 Å². The fraction of sp³-hybridized carbons (Fsp3) is 0.333. The summed E-state index contributed by atoms with van der Waals surface area (Å²) in [7, 11) is 0. The summed E-state index contributed by atoms with van der Waals surface area (Å²) in [5.41, 5.74) is 3.58. The zero-order valence-electron chi connectivity index (χ0n) is 21.5. The van der Waals surface area contributed by atoms with E-state index in [-0.39, 0.29) is 18.4 Å². The maximum absolute atomic E-state index is 14.5. The molecule has 3 N–H and O–H groups in total. The first-order valence-corrected chi connectivity index (χ1v) is 13.8. The van der Waals surface area contributed by atoms with Gasteiger partial charge in [-0.2, -0.15) is 0 Å². The highest BCUT2D eigenvalue weighted by Gasteiger charge is 2.42. The van der Waals surface area contributed by atoms with Crippen LogP contribution in [0.2, 0.25) is 10.0 Å². The lowest BCUT2D eigenvalue weighted by Gasteiger charge is -2.41. The van der Waals surface area contributed by atoms with E-state index in [4.69, 9.17) is 27.9 Å². The first-order valence-electron chi connectivity index (χ1n) is 13.1. The Balaban J connectivity index is 1.69. The number of anilines is 1. The van der Waals surface area contributed by atoms with Crippen molar-refractivity contribution in [3.63, 3.8) is 0 Å². The quantitative estimate of drug-likeness (QED) is 0.293. The average molecular weight is 570 g/mol. The van der Waals surface area contributed by atoms with Crippen LogP contribution < -0.4 is 20.7 Å². The van der Waals surface area contributed by atoms with Crippen molar-refractivity contribution in [1.82, 2.24) is 10.6 Å². The molecule has 204 valence electrons. The third-order valence-corrected chi connectivity index (χ3v) is 8.10. The molecule has 3 unspecified atom stereocenters. The van der Waals surface area contributed by atoms with Gasteiger partial charge in [-0.15, -0.1) is 0 Å². The molecule has 2 amide bonds. The molecule has 3 aromatic carbocycles. The number of benzene rings is 3. The van der Waals surface area contributed by atoms with Crippen LogP contribution in [-0.4, -0.2) is 31.5 Å². The number of halogens is 3. The van der Waals surface area contributed by atoms with Gasteiger partial charge in [-0.1, -0.05) is 35.3 Å². The van der Waals surface area contributed by atoms with Crippen LogP contribution in [-0.2, 0) is 9.59 Å². The van der Waals surface area contributed by atoms with E-state index in [1.54, 1.807) is 24.3 Å². The van der Waals surface area contributed by atoms with Crippen LogP contribution >= 0.6 is 23.2 Å². The number of aryl methyl sites for hydroxylation is 1. The Hall–Kier alpha value is -3.13. The van der Waals surface area contributed by atoms with Gasteiger partial charge in [0.25, 0.3) is 0 Å². The summed E-state index contributed by atoms with van der Waals surface area (Å²) >= 11 is 12.8. The highest BCUT2D eigenvalue weighted by atomic mass is 35.5. The highest BCUT2D eigenvalue weighted by molar-refractivity contribution is 6.31. The molecule has 6 nitrogen and oxygen atoms in total. The monoisotopic (exact) mass is 569 g/mol. The molecule has 0 radical (unpaired) electrons. The molecule has 3 aromatic rings. The minimum atomic E-state index is -0.592. The lowest BCUT2D eigenvalue weighted by molar-refractivity contribution is -0.124. The van der Waals surface area contributed by atoms with Gasteiger partial charge in [0.15, 0.2) is 0 Å². The molecule has 2 heterocycles. The van der Waals surface area contributed by atoms with E-state index in [1.807, 2.05) is 25.1 Å². The number of rotatable bonds is 7. The van der Waals surface area contributed by atoms with Crippen LogP contribution in [0, 0.1) is 12.7 Å². The minimum Gasteiger partial charge on any atom is -0.490 e. The molecule has 2 fully saturated rings. The largest absolute Gasteiger partial charge is 0.490 e. The SMILES string of the molecule is Cc1ccc(F)cc1C1NC(=O)CC(c2cc(Cl)ccc2OC2CCNCC2)C1c1ccc(Cl)cc1NC=O. The van der Waals surface area contributed by atoms with Crippen molar-refractivity contribution in [3.8, 4) is 5.75 Å². The molecule has 3 atom stereocenters. The Labute approximate surface area is 237 Å². The first kappa shape index (κ1) is 27.4. The minimum absolute atomic E-state index is 0.0335. The van der Waals surface area contributed by atoms with Crippen molar-refractivity contribution in [3.05, 3.63) is 92.7 Å². The Morgan fingerprint density at radius 1 is 0.974 bits per heavy atom. The summed E-state index contributed by atoms with van der Waals surface area (Å²) in [6.45, 7) is 3.63. The van der Waals surface area contributed by atoms with Crippen LogP contribution in [0.25, 0.3) is 0 Å². The van der Waals surface area contributed by atoms with Gasteiger partial charge in [0.2, 0.25) is 12.3 Å². The van der Waals surface area contributed by atoms with Gasteiger partial charge in [-0.3, -0.25) is 9.59 Å². The molecule has 0 aromatic heterocycles. The van der Waals surface area contributed by atoms with Crippen LogP contribution in [0.5, 0.6) is 5.75 Å². The molecule has 39 heavy (non-hydrogen) atoms. The number of hydrogen-bond acceptors (Lipinski definition) is 4. The number of carbonyl (C=O) groups excluding carboxylic acids is 2. The van der Waals surface area contributed by atoms with Gasteiger partial charge in [0.05, 0.1) is 6.04 Å². The van der Waals surface area contributed by atoms with E-state index in [0.29, 0.717) is 33.5 Å². The van der Waals surface area contributed by atoms with Crippen LogP contribution in [0.15, 0.2) is 54.6 Å². The van der Waals surface area contributed by atoms with Gasteiger partial charge in [0, 0.05) is 34.0 Å². The molecule has 5 rings (SSSR count). The Morgan fingerprint density at radius 3 is 2.49 bits per heavy atom. The van der Waals surface area contributed by atoms with Crippen molar-refractivity contribution < 1.29 is 18.7 Å². The fourth-order valence-electron chi connectivity index (χ4n) is 5.82. The maximum atomic E-state index is 14.5. The number of hydrogen-bond donors (Lipinski definition) is 3. The van der Waals surface area contributed by atoms with Crippen molar-refractivity contribution in [2.75, 3.05) is 18.4 Å². The predicted octanol–water partition coefficient (Wildman–Crippen LogP) is 6.27. The molecule has 0 bridgehead atoms. The third-order valence-electron chi connectivity index (χ3n) is 7.63. The lowest BCUT2D eigenvalue weighted by atomic mass is 9.70. The normalized spacial score (nSPS) is 21.7. The first-order chi connectivity index (χ1) is 18.8. The van der Waals surface area contributed by atoms with Gasteiger partial charge in [-0.25, -0.2) is 4.39 Å². The summed E-state index contributed by atoms with van der Waals surface area (Å²) in [6, 6.07) is 14.8. The lowest BCUT2D eigenvalue weighted by Crippen LogP contribution is -2.42. The molecule has 2 aliphatic rings. The fourth-order valence-corrected chi connectivity index (χ4v) is 6.17. The van der Waals surface area contributed by atoms with Gasteiger partial charge < -0.3 is 20.7 Å². The van der Waals surface area contributed by atoms with Crippen LogP contribution in [0.3, 0.4) is 0 Å². The summed E-state index contributed by atoms with van der Waals surface area (Å²) in [5, 5.41) is 10.2. The number of carbonyl (C=O) groups is 2. The maximum Gasteiger partial charge on any atom is 0.221 e. The molecule has 0 saturated carbocycles. The summed E-state index contributed by atoms with van der Waals surface area (Å²) in [6.07, 6.45) is 2.52. The smallest absolute Gasteiger partial charge is 0.221 e. The van der Waals surface area contributed by atoms with E-state index in [9.17, 15) is 14.0 Å². The van der Waals surface area contributed by atoms with E-state index in [2.05, 4.69) is 16.0 Å². The van der Waals surface area contributed by atoms with Gasteiger partial charge in [0.1, 0.15) is 17.7 Å². The number of nitrogens with one attached hydrogen (secondary N) is 3. The van der Waals surface area contributed by atoms with Crippen LogP contribution in [0.4, 0.5) is 10.1 Å². The Kier molecular flexibility index (Phi) is 8.40. The van der Waals surface area contributed by atoms with E-state index in [0.717, 1.165) is 42.6 Å². The second-order valence-electron chi connectivity index (χ2n) is 10.1. The van der Waals surface area contributed by atoms with Crippen molar-refractivity contribution >= 4 is 41.2 Å². The molecule has 2 aliphatic heterocycles. The van der Waals surface area contributed by atoms with E-state index in [1.165, 1.54) is 12.1 Å². The topological polar surface area (TPSA) is 79.5 Å². The van der Waals surface area contributed by atoms with Crippen molar-refractivity contribution in [2.24, 2.45) is 0 Å². The van der Waals surface area contributed by atoms with Crippen LogP contribution in [0.1, 0.15) is 59.4 Å². The second-order valence-corrected chi connectivity index (χ2v) is 11.0. The predicted molar refractivity (Wildman–Crippen MR) is 151 cm³/mol. The standard InChI is InChI=1S/C30H30Cl2FN3O3/c1-17-2-5-20(33)14-23(17)30-29(22-6-3-19(32)13-26(22)35-16-37)25(15-28(38)36-30)24-12-18(31)4-7-27(24)39-21-8-10-34-11-9-21/h2-7,12-14,16,21,25,29-30,34H,8-11,15H2,1H3,(H,35,37)(H,36,38). The van der Waals surface area contributed by atoms with E-state index < -0.39 is 23.7 Å². The molecular formula is C30H30Cl2FN3O3. The highest BCUT2D eigenvalue weighted by Crippen LogP contribution is 2.52. The summed E-state index contributed by atoms with van der Waals surface area (Å²) < 4.78 is 21.1. The average Bonchev–Trinajstić information content (AvgIpc) is 2.92. The second kappa shape index (κ2) is 11.9. The number of ether oxygens (including phenoxy) is 1. The zero-order chi connectivity index (χ0) is 27.5. The Morgan fingerprint density at radius 2 is 1.72 bits per heavy atom. The third kappa shape index (κ3) is 6.06. The van der Waals surface area contributed by atoms with Crippen molar-refractivity contribution in [2.45, 2.75) is 50.2 Å². The van der Waals surface area contributed by atoms with Gasteiger partial charge >= 0.3 is 0 Å². The Bertz CT molecular complexity index is 1380. The summed E-state index contributed by atoms with van der Waals surface area (Å²) in [5.74, 6) is -0.696. The molecule has 0 aliphatic carbocycles. The number of amides is 2. The molecule has 9 heteroatoms. The van der Waals surface area contributed by atoms with Crippen molar-refractivity contribution in [1.29, 1.82) is 0 Å². The summed E-state index contributed by atoms with van der Waals surface area (Å²) in [4.78, 5) is 24.9. The zero-order valence-corrected chi connectivity index (χ0v) is 23.0. The molecule has 2 saturated heterocycles. The molecular weight excluding hydrogens is 540 g/mol. The van der Waals surface area contributed by atoms with E-state index >= 15 is 0 Å².